The summed E-state index contributed by atoms with van der Waals surface area (Å²) < 4.78 is 80.3. The van der Waals surface area contributed by atoms with Gasteiger partial charge in [-0.15, -0.1) is 11.3 Å². The third-order valence-electron chi connectivity index (χ3n) is 5.24. The van der Waals surface area contributed by atoms with E-state index in [4.69, 9.17) is 26.2 Å². The zero-order valence-corrected chi connectivity index (χ0v) is 21.6. The quantitative estimate of drug-likeness (QED) is 0.415. The molecule has 38 heavy (non-hydrogen) atoms. The number of nitrogens with zero attached hydrogens (tertiary/aromatic N) is 2. The maximum absolute atomic E-state index is 14.0. The summed E-state index contributed by atoms with van der Waals surface area (Å²) in [6, 6.07) is 5.28. The number of rotatable bonds is 7. The smallest absolute Gasteiger partial charge is 0.420 e. The van der Waals surface area contributed by atoms with Gasteiger partial charge in [0.1, 0.15) is 22.8 Å². The van der Waals surface area contributed by atoms with Crippen molar-refractivity contribution in [2.75, 3.05) is 29.9 Å². The summed E-state index contributed by atoms with van der Waals surface area (Å²) in [5, 5.41) is 12.5. The minimum absolute atomic E-state index is 0.0488. The van der Waals surface area contributed by atoms with Gasteiger partial charge in [0, 0.05) is 16.0 Å². The lowest BCUT2D eigenvalue weighted by Crippen LogP contribution is -2.39. The van der Waals surface area contributed by atoms with E-state index in [1.54, 1.807) is 0 Å². The van der Waals surface area contributed by atoms with Crippen LogP contribution in [0.2, 0.25) is 5.02 Å². The van der Waals surface area contributed by atoms with Crippen molar-refractivity contribution in [3.8, 4) is 11.5 Å². The monoisotopic (exact) mass is 591 g/mol. The number of benzene rings is 2. The van der Waals surface area contributed by atoms with Gasteiger partial charge in [-0.25, -0.2) is 13.4 Å². The normalized spacial score (nSPS) is 13.4. The van der Waals surface area contributed by atoms with E-state index in [0.717, 1.165) is 23.5 Å². The molecule has 1 aromatic heterocycles. The van der Waals surface area contributed by atoms with Crippen LogP contribution in [0.25, 0.3) is 0 Å². The number of carboxylic acids is 1. The SMILES string of the molecule is COc1ccc(Cl)cc1S(=O)(=O)N1CCOc2c1cc(C(=O)Nc1nc(CC(=O)O)cs1)cc2C(F)(F)F. The summed E-state index contributed by atoms with van der Waals surface area (Å²) in [7, 11) is -3.31. The molecule has 10 nitrogen and oxygen atoms in total. The Morgan fingerprint density at radius 1 is 1.29 bits per heavy atom. The van der Waals surface area contributed by atoms with Gasteiger partial charge in [-0.2, -0.15) is 13.2 Å². The van der Waals surface area contributed by atoms with Crippen molar-refractivity contribution in [2.24, 2.45) is 0 Å². The molecule has 0 aliphatic carbocycles. The summed E-state index contributed by atoms with van der Waals surface area (Å²) in [5.74, 6) is -3.04. The van der Waals surface area contributed by atoms with Crippen LogP contribution in [-0.4, -0.2) is 50.6 Å². The summed E-state index contributed by atoms with van der Waals surface area (Å²) in [4.78, 5) is 27.3. The van der Waals surface area contributed by atoms with Crippen LogP contribution in [0.5, 0.6) is 11.5 Å². The lowest BCUT2D eigenvalue weighted by Gasteiger charge is -2.32. The van der Waals surface area contributed by atoms with Crippen LogP contribution >= 0.6 is 22.9 Å². The van der Waals surface area contributed by atoms with Crippen LogP contribution in [0, 0.1) is 0 Å². The van der Waals surface area contributed by atoms with Gasteiger partial charge in [-0.05, 0) is 30.3 Å². The lowest BCUT2D eigenvalue weighted by atomic mass is 10.1. The van der Waals surface area contributed by atoms with Gasteiger partial charge in [0.2, 0.25) is 0 Å². The van der Waals surface area contributed by atoms with Crippen molar-refractivity contribution in [1.82, 2.24) is 4.98 Å². The number of aromatic nitrogens is 1. The number of aliphatic carboxylic acids is 1. The fourth-order valence-electron chi connectivity index (χ4n) is 3.63. The minimum Gasteiger partial charge on any atom is -0.495 e. The second-order valence-corrected chi connectivity index (χ2v) is 10.9. The van der Waals surface area contributed by atoms with Crippen LogP contribution in [0.15, 0.2) is 40.6 Å². The fourth-order valence-corrected chi connectivity index (χ4v) is 6.20. The lowest BCUT2D eigenvalue weighted by molar-refractivity contribution is -0.139. The molecule has 16 heteroatoms. The second-order valence-electron chi connectivity index (χ2n) is 7.76. The van der Waals surface area contributed by atoms with Crippen LogP contribution in [0.1, 0.15) is 21.6 Å². The fraction of sp³-hybridized carbons (Fsp3) is 0.227. The van der Waals surface area contributed by atoms with E-state index < -0.39 is 68.6 Å². The van der Waals surface area contributed by atoms with Crippen molar-refractivity contribution in [2.45, 2.75) is 17.5 Å². The molecule has 0 unspecified atom stereocenters. The van der Waals surface area contributed by atoms with Crippen molar-refractivity contribution in [1.29, 1.82) is 0 Å². The summed E-state index contributed by atoms with van der Waals surface area (Å²) >= 11 is 6.85. The van der Waals surface area contributed by atoms with Gasteiger partial charge in [-0.3, -0.25) is 19.2 Å². The molecule has 2 heterocycles. The molecule has 0 spiro atoms. The topological polar surface area (TPSA) is 135 Å². The van der Waals surface area contributed by atoms with E-state index in [1.807, 2.05) is 0 Å². The highest BCUT2D eigenvalue weighted by molar-refractivity contribution is 7.93. The first-order chi connectivity index (χ1) is 17.8. The van der Waals surface area contributed by atoms with Crippen LogP contribution < -0.4 is 19.1 Å². The van der Waals surface area contributed by atoms with Gasteiger partial charge >= 0.3 is 12.1 Å². The van der Waals surface area contributed by atoms with E-state index in [2.05, 4.69) is 10.3 Å². The number of carbonyl (C=O) groups is 2. The maximum Gasteiger partial charge on any atom is 0.420 e. The third-order valence-corrected chi connectivity index (χ3v) is 8.12. The molecule has 1 aliphatic rings. The highest BCUT2D eigenvalue weighted by atomic mass is 35.5. The summed E-state index contributed by atoms with van der Waals surface area (Å²) in [6.45, 7) is -0.756. The first kappa shape index (κ1) is 27.5. The molecule has 4 rings (SSSR count). The third kappa shape index (κ3) is 5.49. The Morgan fingerprint density at radius 2 is 2.03 bits per heavy atom. The number of amides is 1. The zero-order chi connectivity index (χ0) is 27.8. The van der Waals surface area contributed by atoms with Gasteiger partial charge in [0.25, 0.3) is 15.9 Å². The molecular formula is C22H17ClF3N3O7S2. The number of ether oxygens (including phenoxy) is 2. The number of hydrogen-bond donors (Lipinski definition) is 2. The molecule has 1 aliphatic heterocycles. The van der Waals surface area contributed by atoms with Crippen molar-refractivity contribution in [3.63, 3.8) is 0 Å². The first-order valence-corrected chi connectivity index (χ1v) is 13.2. The van der Waals surface area contributed by atoms with Crippen LogP contribution in [0.3, 0.4) is 0 Å². The van der Waals surface area contributed by atoms with Crippen molar-refractivity contribution in [3.05, 3.63) is 57.6 Å². The number of nitrogens with one attached hydrogen (secondary N) is 1. The first-order valence-electron chi connectivity index (χ1n) is 10.5. The molecule has 2 aromatic carbocycles. The average Bonchev–Trinajstić information content (AvgIpc) is 3.27. The van der Waals surface area contributed by atoms with Gasteiger partial charge in [0.15, 0.2) is 10.9 Å². The van der Waals surface area contributed by atoms with Gasteiger partial charge in [0.05, 0.1) is 31.5 Å². The molecule has 0 bridgehead atoms. The molecule has 0 radical (unpaired) electrons. The summed E-state index contributed by atoms with van der Waals surface area (Å²) in [6.07, 6.45) is -5.42. The van der Waals surface area contributed by atoms with E-state index in [0.29, 0.717) is 10.4 Å². The maximum atomic E-state index is 14.0. The number of sulfonamides is 1. The standard InChI is InChI=1S/C22H17ClF3N3O7S2/c1-35-16-3-2-12(23)8-17(16)38(33,34)29-4-5-36-19-14(22(24,25)26)6-11(7-15(19)29)20(32)28-21-27-13(10-37-21)9-18(30)31/h2-3,6-8,10H,4-5,9H2,1H3,(H,30,31)(H,27,28,32). The van der Waals surface area contributed by atoms with E-state index >= 15 is 0 Å². The molecule has 202 valence electrons. The van der Waals surface area contributed by atoms with Crippen molar-refractivity contribution < 1.29 is 45.8 Å². The van der Waals surface area contributed by atoms with Gasteiger partial charge < -0.3 is 14.6 Å². The Labute approximate surface area is 222 Å². The molecule has 2 N–H and O–H groups in total. The minimum atomic E-state index is -5.00. The predicted molar refractivity (Wildman–Crippen MR) is 131 cm³/mol. The van der Waals surface area contributed by atoms with Crippen LogP contribution in [0.4, 0.5) is 24.0 Å². The number of methoxy groups -OCH3 is 1. The number of fused-ring (bicyclic) bond motifs is 1. The number of thiazole rings is 1. The molecule has 1 amide bonds. The van der Waals surface area contributed by atoms with Crippen LogP contribution in [-0.2, 0) is 27.4 Å². The van der Waals surface area contributed by atoms with Crippen molar-refractivity contribution >= 4 is 55.7 Å². The number of halogens is 4. The molecule has 0 saturated carbocycles. The predicted octanol–water partition coefficient (Wildman–Crippen LogP) is 4.29. The molecule has 0 atom stereocenters. The number of anilines is 2. The Balaban J connectivity index is 1.80. The number of carbonyl (C=O) groups excluding carboxylic acids is 1. The highest BCUT2D eigenvalue weighted by Gasteiger charge is 2.41. The Bertz CT molecular complexity index is 1530. The Kier molecular flexibility index (Phi) is 7.45. The van der Waals surface area contributed by atoms with E-state index in [-0.39, 0.29) is 28.1 Å². The Hall–Kier alpha value is -3.56. The Morgan fingerprint density at radius 3 is 2.68 bits per heavy atom. The number of carboxylic acid groups (broad SMARTS) is 1. The average molecular weight is 592 g/mol. The molecule has 0 saturated heterocycles. The number of hydrogen-bond acceptors (Lipinski definition) is 8. The number of alkyl halides is 3. The molecule has 0 fully saturated rings. The molecule has 3 aromatic rings. The summed E-state index contributed by atoms with van der Waals surface area (Å²) in [5.41, 5.74) is -2.26. The zero-order valence-electron chi connectivity index (χ0n) is 19.2. The largest absolute Gasteiger partial charge is 0.495 e. The highest BCUT2D eigenvalue weighted by Crippen LogP contribution is 2.46. The van der Waals surface area contributed by atoms with E-state index in [9.17, 15) is 31.2 Å². The molecular weight excluding hydrogens is 575 g/mol. The van der Waals surface area contributed by atoms with Gasteiger partial charge in [-0.1, -0.05) is 11.6 Å². The van der Waals surface area contributed by atoms with E-state index in [1.165, 1.54) is 24.6 Å². The second kappa shape index (κ2) is 10.3.